The Morgan fingerprint density at radius 3 is 2.36 bits per heavy atom. The Balaban J connectivity index is 2.16. The van der Waals surface area contributed by atoms with E-state index in [1.54, 1.807) is 32.9 Å². The van der Waals surface area contributed by atoms with E-state index in [0.29, 0.717) is 17.2 Å². The Bertz CT molecular complexity index is 864. The molecule has 130 valence electrons. The first-order valence-electron chi connectivity index (χ1n) is 7.94. The molecular formula is C19H18FNO4. The number of anilines is 1. The maximum absolute atomic E-state index is 13.2. The highest BCUT2D eigenvalue weighted by Crippen LogP contribution is 2.42. The number of rotatable bonds is 4. The molecule has 1 aromatic heterocycles. The fourth-order valence-electron chi connectivity index (χ4n) is 2.91. The van der Waals surface area contributed by atoms with Gasteiger partial charge in [0.25, 0.3) is 5.91 Å². The van der Waals surface area contributed by atoms with Crippen molar-refractivity contribution in [3.63, 3.8) is 0 Å². The topological polar surface area (TPSA) is 70.8 Å². The molecule has 1 N–H and O–H groups in total. The SMILES string of the molecule is Cc1ccc(C2C(C(=O)C(C)C)=C(O)C(=O)N2c2ccc(F)cc2)o1. The zero-order chi connectivity index (χ0) is 18.3. The van der Waals surface area contributed by atoms with Crippen LogP contribution in [0.2, 0.25) is 0 Å². The molecule has 1 atom stereocenters. The minimum atomic E-state index is -0.887. The summed E-state index contributed by atoms with van der Waals surface area (Å²) in [4.78, 5) is 26.5. The van der Waals surface area contributed by atoms with Crippen LogP contribution < -0.4 is 4.90 Å². The fourth-order valence-corrected chi connectivity index (χ4v) is 2.91. The van der Waals surface area contributed by atoms with Gasteiger partial charge in [0.1, 0.15) is 23.4 Å². The smallest absolute Gasteiger partial charge is 0.294 e. The van der Waals surface area contributed by atoms with E-state index in [-0.39, 0.29) is 11.4 Å². The van der Waals surface area contributed by atoms with Crippen molar-refractivity contribution in [1.29, 1.82) is 0 Å². The van der Waals surface area contributed by atoms with Crippen molar-refractivity contribution in [2.75, 3.05) is 4.90 Å². The van der Waals surface area contributed by atoms with E-state index in [4.69, 9.17) is 4.42 Å². The van der Waals surface area contributed by atoms with Crippen LogP contribution in [0.25, 0.3) is 0 Å². The van der Waals surface area contributed by atoms with Crippen molar-refractivity contribution in [2.24, 2.45) is 5.92 Å². The second-order valence-electron chi connectivity index (χ2n) is 6.28. The van der Waals surface area contributed by atoms with E-state index >= 15 is 0 Å². The lowest BCUT2D eigenvalue weighted by Crippen LogP contribution is -2.31. The molecule has 1 unspecified atom stereocenters. The van der Waals surface area contributed by atoms with Gasteiger partial charge < -0.3 is 9.52 Å². The number of amides is 1. The number of aliphatic hydroxyl groups excluding tert-OH is 1. The number of hydrogen-bond donors (Lipinski definition) is 1. The number of furan rings is 1. The molecule has 1 aromatic carbocycles. The zero-order valence-corrected chi connectivity index (χ0v) is 14.1. The zero-order valence-electron chi connectivity index (χ0n) is 14.1. The summed E-state index contributed by atoms with van der Waals surface area (Å²) in [6.45, 7) is 5.13. The normalized spacial score (nSPS) is 17.7. The molecule has 25 heavy (non-hydrogen) atoms. The molecule has 0 aliphatic carbocycles. The van der Waals surface area contributed by atoms with Gasteiger partial charge in [-0.25, -0.2) is 4.39 Å². The number of aliphatic hydroxyl groups is 1. The molecular weight excluding hydrogens is 325 g/mol. The first kappa shape index (κ1) is 17.0. The minimum absolute atomic E-state index is 0.00123. The molecule has 2 heterocycles. The maximum Gasteiger partial charge on any atom is 0.294 e. The van der Waals surface area contributed by atoms with Crippen molar-refractivity contribution in [3.8, 4) is 0 Å². The molecule has 2 aromatic rings. The van der Waals surface area contributed by atoms with Gasteiger partial charge in [0.15, 0.2) is 11.5 Å². The summed E-state index contributed by atoms with van der Waals surface area (Å²) in [6.07, 6.45) is 0. The average Bonchev–Trinajstić information content (AvgIpc) is 3.10. The number of benzene rings is 1. The largest absolute Gasteiger partial charge is 0.503 e. The number of nitrogens with zero attached hydrogens (tertiary/aromatic N) is 1. The summed E-state index contributed by atoms with van der Waals surface area (Å²) in [5, 5.41) is 10.4. The Kier molecular flexibility index (Phi) is 4.20. The van der Waals surface area contributed by atoms with E-state index in [0.717, 1.165) is 0 Å². The van der Waals surface area contributed by atoms with Crippen LogP contribution in [-0.4, -0.2) is 16.8 Å². The summed E-state index contributed by atoms with van der Waals surface area (Å²) in [7, 11) is 0. The summed E-state index contributed by atoms with van der Waals surface area (Å²) < 4.78 is 18.9. The van der Waals surface area contributed by atoms with Crippen molar-refractivity contribution >= 4 is 17.4 Å². The summed E-state index contributed by atoms with van der Waals surface area (Å²) in [5.41, 5.74) is 0.363. The Morgan fingerprint density at radius 1 is 1.20 bits per heavy atom. The minimum Gasteiger partial charge on any atom is -0.503 e. The quantitative estimate of drug-likeness (QED) is 0.915. The first-order chi connectivity index (χ1) is 11.8. The predicted octanol–water partition coefficient (Wildman–Crippen LogP) is 3.85. The number of halogens is 1. The molecule has 6 heteroatoms. The highest BCUT2D eigenvalue weighted by atomic mass is 19.1. The van der Waals surface area contributed by atoms with Crippen molar-refractivity contribution < 1.29 is 23.5 Å². The summed E-state index contributed by atoms with van der Waals surface area (Å²) in [6, 6.07) is 7.77. The highest BCUT2D eigenvalue weighted by Gasteiger charge is 2.46. The van der Waals surface area contributed by atoms with Gasteiger partial charge in [0.2, 0.25) is 0 Å². The van der Waals surface area contributed by atoms with Gasteiger partial charge in [0, 0.05) is 11.6 Å². The number of aryl methyl sites for hydroxylation is 1. The number of ketones is 1. The Labute approximate surface area is 144 Å². The van der Waals surface area contributed by atoms with Crippen molar-refractivity contribution in [1.82, 2.24) is 0 Å². The van der Waals surface area contributed by atoms with E-state index in [1.165, 1.54) is 29.2 Å². The van der Waals surface area contributed by atoms with Crippen LogP contribution in [0.3, 0.4) is 0 Å². The third-order valence-corrected chi connectivity index (χ3v) is 4.13. The van der Waals surface area contributed by atoms with Crippen LogP contribution in [0, 0.1) is 18.7 Å². The van der Waals surface area contributed by atoms with Gasteiger partial charge >= 0.3 is 0 Å². The molecule has 1 aliphatic rings. The van der Waals surface area contributed by atoms with E-state index in [9.17, 15) is 19.1 Å². The second-order valence-corrected chi connectivity index (χ2v) is 6.28. The lowest BCUT2D eigenvalue weighted by molar-refractivity contribution is -0.119. The second kappa shape index (κ2) is 6.20. The van der Waals surface area contributed by atoms with Gasteiger partial charge in [-0.1, -0.05) is 13.8 Å². The fraction of sp³-hybridized carbons (Fsp3) is 0.263. The third kappa shape index (κ3) is 2.84. The summed E-state index contributed by atoms with van der Waals surface area (Å²) >= 11 is 0. The molecule has 0 bridgehead atoms. The molecule has 1 amide bonds. The number of Topliss-reactive ketones (excluding diaryl/α,β-unsaturated/α-hetero) is 1. The van der Waals surface area contributed by atoms with Crippen molar-refractivity contribution in [3.05, 3.63) is 65.1 Å². The van der Waals surface area contributed by atoms with Crippen LogP contribution in [0.1, 0.15) is 31.4 Å². The average molecular weight is 343 g/mol. The molecule has 0 spiro atoms. The van der Waals surface area contributed by atoms with E-state index in [2.05, 4.69) is 0 Å². The molecule has 0 fully saturated rings. The van der Waals surface area contributed by atoms with Crippen LogP contribution in [0.4, 0.5) is 10.1 Å². The summed E-state index contributed by atoms with van der Waals surface area (Å²) in [5.74, 6) is -1.52. The van der Waals surface area contributed by atoms with Crippen LogP contribution in [0.15, 0.2) is 52.1 Å². The molecule has 0 saturated heterocycles. The number of carbonyl (C=O) groups is 2. The van der Waals surface area contributed by atoms with Gasteiger partial charge in [0.05, 0.1) is 5.57 Å². The van der Waals surface area contributed by atoms with E-state index in [1.807, 2.05) is 0 Å². The highest BCUT2D eigenvalue weighted by molar-refractivity contribution is 6.16. The van der Waals surface area contributed by atoms with Crippen LogP contribution >= 0.6 is 0 Å². The van der Waals surface area contributed by atoms with Crippen LogP contribution in [0.5, 0.6) is 0 Å². The molecule has 3 rings (SSSR count). The van der Waals surface area contributed by atoms with Gasteiger partial charge in [-0.15, -0.1) is 0 Å². The van der Waals surface area contributed by atoms with Gasteiger partial charge in [-0.3, -0.25) is 14.5 Å². The Hall–Kier alpha value is -2.89. The number of hydrogen-bond acceptors (Lipinski definition) is 4. The Morgan fingerprint density at radius 2 is 1.84 bits per heavy atom. The van der Waals surface area contributed by atoms with E-state index < -0.39 is 29.4 Å². The maximum atomic E-state index is 13.2. The van der Waals surface area contributed by atoms with Crippen molar-refractivity contribution in [2.45, 2.75) is 26.8 Å². The molecule has 0 saturated carbocycles. The lowest BCUT2D eigenvalue weighted by Gasteiger charge is -2.25. The molecule has 0 radical (unpaired) electrons. The van der Waals surface area contributed by atoms with Crippen LogP contribution in [-0.2, 0) is 9.59 Å². The van der Waals surface area contributed by atoms with Gasteiger partial charge in [-0.05, 0) is 43.3 Å². The third-order valence-electron chi connectivity index (χ3n) is 4.13. The number of carbonyl (C=O) groups excluding carboxylic acids is 2. The molecule has 1 aliphatic heterocycles. The standard InChI is InChI=1S/C19H18FNO4/c1-10(2)17(22)15-16(14-9-4-11(3)25-14)21(19(24)18(15)23)13-7-5-12(20)6-8-13/h4-10,16,23H,1-3H3. The van der Waals surface area contributed by atoms with Gasteiger partial charge in [-0.2, -0.15) is 0 Å². The monoisotopic (exact) mass is 343 g/mol. The predicted molar refractivity (Wildman–Crippen MR) is 89.6 cm³/mol. The molecule has 5 nitrogen and oxygen atoms in total. The lowest BCUT2D eigenvalue weighted by atomic mass is 9.94. The first-order valence-corrected chi connectivity index (χ1v) is 7.94.